The van der Waals surface area contributed by atoms with Gasteiger partial charge in [0.2, 0.25) is 10.0 Å². The number of rotatable bonds is 3. The lowest BCUT2D eigenvalue weighted by Crippen LogP contribution is -2.35. The number of benzene rings is 1. The molecule has 0 amide bonds. The predicted octanol–water partition coefficient (Wildman–Crippen LogP) is 0.406. The average Bonchev–Trinajstić information content (AvgIpc) is 2.89. The molecule has 0 aromatic heterocycles. The van der Waals surface area contributed by atoms with Crippen molar-refractivity contribution in [1.29, 1.82) is 0 Å². The Morgan fingerprint density at radius 2 is 2.30 bits per heavy atom. The number of aliphatic hydroxyl groups is 1. The molecule has 1 aliphatic rings. The van der Waals surface area contributed by atoms with E-state index in [9.17, 15) is 8.42 Å². The highest BCUT2D eigenvalue weighted by atomic mass is 32.2. The minimum Gasteiger partial charge on any atom is -0.384 e. The number of nitrogens with one attached hydrogen (secondary N) is 1. The molecule has 0 saturated carbocycles. The third kappa shape index (κ3) is 3.58. The molecular formula is C14H17NO4S. The largest absolute Gasteiger partial charge is 0.384 e. The second-order valence-corrected chi connectivity index (χ2v) is 6.30. The zero-order valence-corrected chi connectivity index (χ0v) is 12.0. The van der Waals surface area contributed by atoms with E-state index >= 15 is 0 Å². The summed E-state index contributed by atoms with van der Waals surface area (Å²) in [4.78, 5) is 0.217. The van der Waals surface area contributed by atoms with Crippen molar-refractivity contribution >= 4 is 10.0 Å². The Hall–Kier alpha value is -1.39. The summed E-state index contributed by atoms with van der Waals surface area (Å²) in [5.74, 6) is 5.22. The molecule has 108 valence electrons. The lowest BCUT2D eigenvalue weighted by molar-refractivity contribution is 0.192. The number of hydrogen-bond donors (Lipinski definition) is 2. The van der Waals surface area contributed by atoms with Crippen LogP contribution in [0.1, 0.15) is 17.5 Å². The van der Waals surface area contributed by atoms with Crippen LogP contribution in [0.2, 0.25) is 0 Å². The highest BCUT2D eigenvalue weighted by Crippen LogP contribution is 2.18. The van der Waals surface area contributed by atoms with Crippen LogP contribution in [-0.2, 0) is 14.8 Å². The van der Waals surface area contributed by atoms with Crippen LogP contribution in [0, 0.1) is 18.8 Å². The van der Waals surface area contributed by atoms with Crippen LogP contribution in [0.5, 0.6) is 0 Å². The van der Waals surface area contributed by atoms with Gasteiger partial charge in [-0.15, -0.1) is 0 Å². The monoisotopic (exact) mass is 295 g/mol. The summed E-state index contributed by atoms with van der Waals surface area (Å²) >= 11 is 0. The minimum atomic E-state index is -3.58. The van der Waals surface area contributed by atoms with E-state index in [1.165, 1.54) is 6.07 Å². The standard InChI is InChI=1S/C14H17NO4S/c1-11-4-5-12(3-2-7-16)9-14(11)20(17,18)15-13-6-8-19-10-13/h4-5,9,13,15-16H,6-8,10H2,1H3. The van der Waals surface area contributed by atoms with E-state index in [-0.39, 0.29) is 17.5 Å². The van der Waals surface area contributed by atoms with E-state index in [1.807, 2.05) is 0 Å². The van der Waals surface area contributed by atoms with E-state index in [0.717, 1.165) is 0 Å². The molecule has 2 rings (SSSR count). The molecule has 5 nitrogen and oxygen atoms in total. The van der Waals surface area contributed by atoms with Crippen LogP contribution in [0.4, 0.5) is 0 Å². The molecule has 0 radical (unpaired) electrons. The van der Waals surface area contributed by atoms with Gasteiger partial charge in [-0.25, -0.2) is 13.1 Å². The number of aliphatic hydroxyl groups excluding tert-OH is 1. The van der Waals surface area contributed by atoms with Crippen molar-refractivity contribution in [3.63, 3.8) is 0 Å². The van der Waals surface area contributed by atoms with E-state index in [1.54, 1.807) is 19.1 Å². The number of hydrogen-bond acceptors (Lipinski definition) is 4. The number of sulfonamides is 1. The lowest BCUT2D eigenvalue weighted by atomic mass is 10.1. The number of aryl methyl sites for hydroxylation is 1. The second kappa shape index (κ2) is 6.37. The van der Waals surface area contributed by atoms with Gasteiger partial charge in [0.25, 0.3) is 0 Å². The molecule has 2 N–H and O–H groups in total. The molecular weight excluding hydrogens is 278 g/mol. The topological polar surface area (TPSA) is 75.6 Å². The van der Waals surface area contributed by atoms with Gasteiger partial charge in [-0.2, -0.15) is 0 Å². The molecule has 0 bridgehead atoms. The Balaban J connectivity index is 2.29. The summed E-state index contributed by atoms with van der Waals surface area (Å²) in [6.45, 7) is 2.47. The maximum absolute atomic E-state index is 12.4. The van der Waals surface area contributed by atoms with Crippen LogP contribution in [-0.4, -0.2) is 39.4 Å². The van der Waals surface area contributed by atoms with Gasteiger partial charge in [0.15, 0.2) is 0 Å². The van der Waals surface area contributed by atoms with Crippen LogP contribution in [0.3, 0.4) is 0 Å². The van der Waals surface area contributed by atoms with Crippen LogP contribution in [0.15, 0.2) is 23.1 Å². The first kappa shape index (κ1) is 15.0. The van der Waals surface area contributed by atoms with E-state index in [4.69, 9.17) is 9.84 Å². The highest BCUT2D eigenvalue weighted by molar-refractivity contribution is 7.89. The molecule has 6 heteroatoms. The van der Waals surface area contributed by atoms with E-state index in [0.29, 0.717) is 30.8 Å². The van der Waals surface area contributed by atoms with Gasteiger partial charge in [-0.1, -0.05) is 17.9 Å². The quantitative estimate of drug-likeness (QED) is 0.792. The van der Waals surface area contributed by atoms with Crippen LogP contribution < -0.4 is 4.72 Å². The van der Waals surface area contributed by atoms with Crippen LogP contribution >= 0.6 is 0 Å². The van der Waals surface area contributed by atoms with E-state index in [2.05, 4.69) is 16.6 Å². The summed E-state index contributed by atoms with van der Waals surface area (Å²) in [6, 6.07) is 4.79. The third-order valence-electron chi connectivity index (χ3n) is 3.04. The fraction of sp³-hybridized carbons (Fsp3) is 0.429. The molecule has 1 atom stereocenters. The molecule has 0 aliphatic carbocycles. The van der Waals surface area contributed by atoms with E-state index < -0.39 is 10.0 Å². The molecule has 1 unspecified atom stereocenters. The van der Waals surface area contributed by atoms with Crippen LogP contribution in [0.25, 0.3) is 0 Å². The van der Waals surface area contributed by atoms with Gasteiger partial charge >= 0.3 is 0 Å². The third-order valence-corrected chi connectivity index (χ3v) is 4.70. The molecule has 1 aliphatic heterocycles. The first-order valence-corrected chi connectivity index (χ1v) is 7.82. The average molecular weight is 295 g/mol. The normalized spacial score (nSPS) is 18.6. The van der Waals surface area contributed by atoms with Crippen molar-refractivity contribution in [2.75, 3.05) is 19.8 Å². The van der Waals surface area contributed by atoms with Crippen molar-refractivity contribution < 1.29 is 18.3 Å². The van der Waals surface area contributed by atoms with Crippen molar-refractivity contribution in [3.8, 4) is 11.8 Å². The van der Waals surface area contributed by atoms with Gasteiger partial charge < -0.3 is 9.84 Å². The fourth-order valence-electron chi connectivity index (χ4n) is 2.02. The summed E-state index contributed by atoms with van der Waals surface area (Å²) in [5.41, 5.74) is 1.22. The maximum atomic E-state index is 12.4. The Kier molecular flexibility index (Phi) is 4.78. The number of ether oxygens (including phenoxy) is 1. The van der Waals surface area contributed by atoms with Crippen molar-refractivity contribution in [1.82, 2.24) is 4.72 Å². The summed E-state index contributed by atoms with van der Waals surface area (Å²) < 4.78 is 32.6. The highest BCUT2D eigenvalue weighted by Gasteiger charge is 2.24. The van der Waals surface area contributed by atoms with Gasteiger partial charge in [0.1, 0.15) is 6.61 Å². The molecule has 20 heavy (non-hydrogen) atoms. The Labute approximate surface area is 119 Å². The smallest absolute Gasteiger partial charge is 0.241 e. The van der Waals surface area contributed by atoms with Gasteiger partial charge in [-0.3, -0.25) is 0 Å². The van der Waals surface area contributed by atoms with Crippen molar-refractivity contribution in [2.45, 2.75) is 24.3 Å². The zero-order chi connectivity index (χ0) is 14.6. The zero-order valence-electron chi connectivity index (χ0n) is 11.2. The molecule has 1 saturated heterocycles. The predicted molar refractivity (Wildman–Crippen MR) is 74.7 cm³/mol. The molecule has 1 fully saturated rings. The molecule has 0 spiro atoms. The first-order chi connectivity index (χ1) is 9.53. The maximum Gasteiger partial charge on any atom is 0.241 e. The van der Waals surface area contributed by atoms with Crippen molar-refractivity contribution in [2.24, 2.45) is 0 Å². The first-order valence-electron chi connectivity index (χ1n) is 6.33. The SMILES string of the molecule is Cc1ccc(C#CCO)cc1S(=O)(=O)NC1CCOC1. The molecule has 1 heterocycles. The van der Waals surface area contributed by atoms with Gasteiger partial charge in [0.05, 0.1) is 11.5 Å². The summed E-state index contributed by atoms with van der Waals surface area (Å²) in [5, 5.41) is 8.68. The summed E-state index contributed by atoms with van der Waals surface area (Å²) in [7, 11) is -3.58. The Morgan fingerprint density at radius 1 is 1.50 bits per heavy atom. The summed E-state index contributed by atoms with van der Waals surface area (Å²) in [6.07, 6.45) is 0.683. The fourth-order valence-corrected chi connectivity index (χ4v) is 3.55. The molecule has 1 aromatic rings. The van der Waals surface area contributed by atoms with Gasteiger partial charge in [0, 0.05) is 18.2 Å². The molecule has 1 aromatic carbocycles. The minimum absolute atomic E-state index is 0.174. The van der Waals surface area contributed by atoms with Crippen molar-refractivity contribution in [3.05, 3.63) is 29.3 Å². The Morgan fingerprint density at radius 3 is 2.95 bits per heavy atom. The lowest BCUT2D eigenvalue weighted by Gasteiger charge is -2.13. The second-order valence-electron chi connectivity index (χ2n) is 4.62. The van der Waals surface area contributed by atoms with Gasteiger partial charge in [-0.05, 0) is 31.0 Å². The Bertz CT molecular complexity index is 637.